The van der Waals surface area contributed by atoms with Gasteiger partial charge >= 0.3 is 12.3 Å². The quantitative estimate of drug-likeness (QED) is 0.881. The predicted octanol–water partition coefficient (Wildman–Crippen LogP) is 4.17. The van der Waals surface area contributed by atoms with E-state index in [1.165, 1.54) is 12.1 Å². The van der Waals surface area contributed by atoms with Gasteiger partial charge in [0.2, 0.25) is 0 Å². The Labute approximate surface area is 133 Å². The molecule has 0 spiro atoms. The van der Waals surface area contributed by atoms with E-state index in [2.05, 4.69) is 10.1 Å². The van der Waals surface area contributed by atoms with Gasteiger partial charge in [-0.1, -0.05) is 24.3 Å². The average molecular weight is 331 g/mol. The summed E-state index contributed by atoms with van der Waals surface area (Å²) in [5.74, 6) is 0.145. The van der Waals surface area contributed by atoms with Crippen LogP contribution in [0.15, 0.2) is 30.3 Å². The van der Waals surface area contributed by atoms with Gasteiger partial charge in [0.1, 0.15) is 11.4 Å². The Morgan fingerprint density at radius 2 is 1.78 bits per heavy atom. The molecule has 0 aromatic heterocycles. The van der Waals surface area contributed by atoms with Crippen LogP contribution in [-0.4, -0.2) is 31.0 Å². The third-order valence-corrected chi connectivity index (χ3v) is 2.36. The fraction of sp³-hybridized carbons (Fsp3) is 0.438. The number of alkyl halides is 3. The Kier molecular flexibility index (Phi) is 6.48. The highest BCUT2D eigenvalue weighted by atomic mass is 19.4. The molecule has 0 unspecified atom stereocenters. The molecule has 0 saturated heterocycles. The molecular weight excluding hydrogens is 311 g/mol. The summed E-state index contributed by atoms with van der Waals surface area (Å²) in [5.41, 5.74) is 0.218. The van der Waals surface area contributed by atoms with Crippen molar-refractivity contribution in [3.8, 4) is 5.75 Å². The second kappa shape index (κ2) is 7.89. The Hall–Kier alpha value is -2.18. The van der Waals surface area contributed by atoms with Crippen LogP contribution in [0.2, 0.25) is 0 Å². The zero-order chi connectivity index (χ0) is 17.5. The molecule has 23 heavy (non-hydrogen) atoms. The molecule has 128 valence electrons. The number of nitrogens with one attached hydrogen (secondary N) is 1. The molecule has 0 heterocycles. The topological polar surface area (TPSA) is 47.6 Å². The van der Waals surface area contributed by atoms with Crippen molar-refractivity contribution >= 4 is 12.2 Å². The average Bonchev–Trinajstić information content (AvgIpc) is 2.40. The maximum Gasteiger partial charge on any atom is 0.422 e. The summed E-state index contributed by atoms with van der Waals surface area (Å²) in [6.07, 6.45) is -1.44. The Morgan fingerprint density at radius 1 is 1.17 bits per heavy atom. The summed E-state index contributed by atoms with van der Waals surface area (Å²) in [6.45, 7) is 4.27. The van der Waals surface area contributed by atoms with Gasteiger partial charge in [0.15, 0.2) is 6.61 Å². The largest absolute Gasteiger partial charge is 0.484 e. The lowest BCUT2D eigenvalue weighted by Crippen LogP contribution is -2.32. The van der Waals surface area contributed by atoms with Crippen LogP contribution in [0.1, 0.15) is 26.3 Å². The van der Waals surface area contributed by atoms with Crippen LogP contribution in [0.5, 0.6) is 5.75 Å². The normalized spacial score (nSPS) is 12.3. The van der Waals surface area contributed by atoms with E-state index in [4.69, 9.17) is 4.74 Å². The van der Waals surface area contributed by atoms with Crippen LogP contribution >= 0.6 is 0 Å². The summed E-state index contributed by atoms with van der Waals surface area (Å²) in [7, 11) is 0. The molecule has 0 atom stereocenters. The fourth-order valence-corrected chi connectivity index (χ4v) is 1.49. The summed E-state index contributed by atoms with van der Waals surface area (Å²) in [5, 5.41) is 2.56. The molecule has 0 fully saturated rings. The standard InChI is InChI=1S/C16H20F3NO3/c1-15(2,3)23-14(21)20-10-4-5-12-6-8-13(9-7-12)22-11-16(17,18)19/h4-9H,10-11H2,1-3H3,(H,20,21). The molecule has 1 N–H and O–H groups in total. The molecule has 0 aliphatic carbocycles. The highest BCUT2D eigenvalue weighted by molar-refractivity contribution is 5.68. The monoisotopic (exact) mass is 331 g/mol. The van der Waals surface area contributed by atoms with Crippen LogP contribution in [0.3, 0.4) is 0 Å². The highest BCUT2D eigenvalue weighted by Gasteiger charge is 2.28. The minimum absolute atomic E-state index is 0.145. The van der Waals surface area contributed by atoms with Gasteiger partial charge in [0.25, 0.3) is 0 Å². The molecule has 0 saturated carbocycles. The lowest BCUT2D eigenvalue weighted by Gasteiger charge is -2.19. The zero-order valence-corrected chi connectivity index (χ0v) is 13.2. The van der Waals surface area contributed by atoms with E-state index in [9.17, 15) is 18.0 Å². The maximum atomic E-state index is 12.0. The van der Waals surface area contributed by atoms with E-state index in [1.54, 1.807) is 45.1 Å². The molecular formula is C16H20F3NO3. The number of benzene rings is 1. The summed E-state index contributed by atoms with van der Waals surface area (Å²) < 4.78 is 45.7. The van der Waals surface area contributed by atoms with Crippen molar-refractivity contribution in [2.75, 3.05) is 13.2 Å². The second-order valence-corrected chi connectivity index (χ2v) is 5.76. The molecule has 1 aromatic rings. The number of ether oxygens (including phenoxy) is 2. The second-order valence-electron chi connectivity index (χ2n) is 5.76. The van der Waals surface area contributed by atoms with Crippen LogP contribution < -0.4 is 10.1 Å². The van der Waals surface area contributed by atoms with Crippen LogP contribution in [-0.2, 0) is 4.74 Å². The first-order valence-electron chi connectivity index (χ1n) is 6.98. The van der Waals surface area contributed by atoms with Gasteiger partial charge in [-0.25, -0.2) is 4.79 Å². The Morgan fingerprint density at radius 3 is 2.30 bits per heavy atom. The lowest BCUT2D eigenvalue weighted by atomic mass is 10.2. The third-order valence-electron chi connectivity index (χ3n) is 2.36. The first-order valence-corrected chi connectivity index (χ1v) is 6.98. The molecule has 4 nitrogen and oxygen atoms in total. The lowest BCUT2D eigenvalue weighted by molar-refractivity contribution is -0.153. The predicted molar refractivity (Wildman–Crippen MR) is 81.3 cm³/mol. The highest BCUT2D eigenvalue weighted by Crippen LogP contribution is 2.19. The smallest absolute Gasteiger partial charge is 0.422 e. The van der Waals surface area contributed by atoms with E-state index in [1.807, 2.05) is 0 Å². The first-order chi connectivity index (χ1) is 10.6. The van der Waals surface area contributed by atoms with Crippen molar-refractivity contribution < 1.29 is 27.4 Å². The van der Waals surface area contributed by atoms with Gasteiger partial charge in [0, 0.05) is 6.54 Å². The molecule has 7 heteroatoms. The van der Waals surface area contributed by atoms with Gasteiger partial charge in [-0.2, -0.15) is 13.2 Å². The third kappa shape index (κ3) is 9.44. The minimum Gasteiger partial charge on any atom is -0.484 e. The summed E-state index contributed by atoms with van der Waals surface area (Å²) in [4.78, 5) is 11.4. The van der Waals surface area contributed by atoms with E-state index in [0.29, 0.717) is 0 Å². The number of rotatable bonds is 5. The molecule has 0 radical (unpaired) electrons. The Balaban J connectivity index is 2.39. The molecule has 0 bridgehead atoms. The summed E-state index contributed by atoms with van der Waals surface area (Å²) >= 11 is 0. The van der Waals surface area contributed by atoms with E-state index < -0.39 is 24.5 Å². The van der Waals surface area contributed by atoms with Gasteiger partial charge in [-0.05, 0) is 38.5 Å². The van der Waals surface area contributed by atoms with E-state index >= 15 is 0 Å². The SMILES string of the molecule is CC(C)(C)OC(=O)NCC=Cc1ccc(OCC(F)(F)F)cc1. The van der Waals surface area contributed by atoms with Crippen LogP contribution in [0, 0.1) is 0 Å². The van der Waals surface area contributed by atoms with Crippen molar-refractivity contribution in [3.05, 3.63) is 35.9 Å². The fourth-order valence-electron chi connectivity index (χ4n) is 1.49. The maximum absolute atomic E-state index is 12.0. The van der Waals surface area contributed by atoms with Gasteiger partial charge in [-0.15, -0.1) is 0 Å². The van der Waals surface area contributed by atoms with Crippen molar-refractivity contribution in [2.24, 2.45) is 0 Å². The van der Waals surface area contributed by atoms with Crippen molar-refractivity contribution in [3.63, 3.8) is 0 Å². The van der Waals surface area contributed by atoms with Crippen molar-refractivity contribution in [2.45, 2.75) is 32.5 Å². The molecule has 1 aromatic carbocycles. The number of amides is 1. The van der Waals surface area contributed by atoms with Crippen LogP contribution in [0.25, 0.3) is 6.08 Å². The number of carbonyl (C=O) groups excluding carboxylic acids is 1. The minimum atomic E-state index is -4.36. The molecule has 1 amide bonds. The number of carbonyl (C=O) groups is 1. The number of alkyl carbamates (subject to hydrolysis) is 1. The molecule has 0 aliphatic heterocycles. The Bertz CT molecular complexity index is 531. The molecule has 1 rings (SSSR count). The van der Waals surface area contributed by atoms with Crippen molar-refractivity contribution in [1.29, 1.82) is 0 Å². The van der Waals surface area contributed by atoms with Gasteiger partial charge < -0.3 is 14.8 Å². The van der Waals surface area contributed by atoms with Gasteiger partial charge in [-0.3, -0.25) is 0 Å². The number of hydrogen-bond acceptors (Lipinski definition) is 3. The number of hydrogen-bond donors (Lipinski definition) is 1. The van der Waals surface area contributed by atoms with Crippen LogP contribution in [0.4, 0.5) is 18.0 Å². The summed E-state index contributed by atoms with van der Waals surface area (Å²) in [6, 6.07) is 6.14. The molecule has 0 aliphatic rings. The van der Waals surface area contributed by atoms with Crippen molar-refractivity contribution in [1.82, 2.24) is 5.32 Å². The van der Waals surface area contributed by atoms with Gasteiger partial charge in [0.05, 0.1) is 0 Å². The van der Waals surface area contributed by atoms with E-state index in [0.717, 1.165) is 5.56 Å². The number of halogens is 3. The zero-order valence-electron chi connectivity index (χ0n) is 13.2. The first kappa shape index (κ1) is 18.9. The van der Waals surface area contributed by atoms with E-state index in [-0.39, 0.29) is 12.3 Å².